The topological polar surface area (TPSA) is 48.9 Å². The second kappa shape index (κ2) is 4.16. The molecule has 78 valence electrons. The predicted octanol–water partition coefficient (Wildman–Crippen LogP) is 2.64. The molecule has 0 atom stereocenters. The molecule has 0 saturated carbocycles. The maximum Gasteiger partial charge on any atom is 0.107 e. The van der Waals surface area contributed by atoms with Crippen molar-refractivity contribution in [3.63, 3.8) is 0 Å². The van der Waals surface area contributed by atoms with Gasteiger partial charge in [-0.2, -0.15) is 5.10 Å². The zero-order valence-electron chi connectivity index (χ0n) is 8.29. The molecule has 3 nitrogen and oxygen atoms in total. The minimum absolute atomic E-state index is 0.0423. The fourth-order valence-corrected chi connectivity index (χ4v) is 1.98. The van der Waals surface area contributed by atoms with E-state index in [0.29, 0.717) is 5.69 Å². The Morgan fingerprint density at radius 3 is 2.87 bits per heavy atom. The van der Waals surface area contributed by atoms with Crippen molar-refractivity contribution in [1.29, 1.82) is 0 Å². The van der Waals surface area contributed by atoms with Crippen molar-refractivity contribution in [2.24, 2.45) is 0 Å². The molecule has 0 radical (unpaired) electrons. The van der Waals surface area contributed by atoms with Crippen LogP contribution in [0.2, 0.25) is 0 Å². The van der Waals surface area contributed by atoms with Crippen LogP contribution in [0, 0.1) is 6.92 Å². The van der Waals surface area contributed by atoms with Crippen molar-refractivity contribution < 1.29 is 5.11 Å². The number of halogens is 1. The Morgan fingerprint density at radius 1 is 1.47 bits per heavy atom. The third-order valence-electron chi connectivity index (χ3n) is 2.23. The summed E-state index contributed by atoms with van der Waals surface area (Å²) >= 11 is 3.42. The molecule has 0 saturated heterocycles. The molecule has 1 aromatic heterocycles. The quantitative estimate of drug-likeness (QED) is 0.878. The van der Waals surface area contributed by atoms with Gasteiger partial charge in [0.1, 0.15) is 5.69 Å². The van der Waals surface area contributed by atoms with Crippen molar-refractivity contribution in [3.8, 4) is 11.3 Å². The molecule has 4 heteroatoms. The number of hydrogen-bond acceptors (Lipinski definition) is 2. The van der Waals surface area contributed by atoms with Crippen LogP contribution >= 0.6 is 15.9 Å². The van der Waals surface area contributed by atoms with Crippen LogP contribution in [0.4, 0.5) is 0 Å². The summed E-state index contributed by atoms with van der Waals surface area (Å²) in [5.41, 5.74) is 3.76. The zero-order valence-corrected chi connectivity index (χ0v) is 9.87. The fourth-order valence-electron chi connectivity index (χ4n) is 1.45. The molecule has 0 amide bonds. The number of aliphatic hydroxyl groups is 1. The SMILES string of the molecule is Cc1cccc(-c2n[nH]c(CO)c2Br)c1. The summed E-state index contributed by atoms with van der Waals surface area (Å²) in [5.74, 6) is 0. The minimum Gasteiger partial charge on any atom is -0.390 e. The van der Waals surface area contributed by atoms with E-state index in [1.165, 1.54) is 5.56 Å². The van der Waals surface area contributed by atoms with Crippen LogP contribution < -0.4 is 0 Å². The average Bonchev–Trinajstić information content (AvgIpc) is 2.59. The highest BCUT2D eigenvalue weighted by molar-refractivity contribution is 9.10. The van der Waals surface area contributed by atoms with Gasteiger partial charge in [-0.25, -0.2) is 0 Å². The molecule has 2 N–H and O–H groups in total. The van der Waals surface area contributed by atoms with Crippen LogP contribution in [0.1, 0.15) is 11.3 Å². The number of hydrogen-bond donors (Lipinski definition) is 2. The highest BCUT2D eigenvalue weighted by Crippen LogP contribution is 2.29. The van der Waals surface area contributed by atoms with Gasteiger partial charge in [-0.3, -0.25) is 5.10 Å². The largest absolute Gasteiger partial charge is 0.390 e. The molecule has 15 heavy (non-hydrogen) atoms. The van der Waals surface area contributed by atoms with Crippen LogP contribution in [-0.4, -0.2) is 15.3 Å². The molecule has 0 spiro atoms. The van der Waals surface area contributed by atoms with Gasteiger partial charge >= 0.3 is 0 Å². The number of rotatable bonds is 2. The maximum atomic E-state index is 9.03. The summed E-state index contributed by atoms with van der Waals surface area (Å²) in [6, 6.07) is 8.08. The van der Waals surface area contributed by atoms with Crippen LogP contribution in [0.15, 0.2) is 28.7 Å². The van der Waals surface area contributed by atoms with E-state index >= 15 is 0 Å². The summed E-state index contributed by atoms with van der Waals surface area (Å²) in [5, 5.41) is 16.0. The van der Waals surface area contributed by atoms with E-state index in [-0.39, 0.29) is 6.61 Å². The van der Waals surface area contributed by atoms with Crippen molar-refractivity contribution in [2.45, 2.75) is 13.5 Å². The Morgan fingerprint density at radius 2 is 2.27 bits per heavy atom. The van der Waals surface area contributed by atoms with Crippen LogP contribution in [0.25, 0.3) is 11.3 Å². The molecule has 0 bridgehead atoms. The lowest BCUT2D eigenvalue weighted by atomic mass is 10.1. The van der Waals surface area contributed by atoms with Gasteiger partial charge in [-0.1, -0.05) is 23.8 Å². The van der Waals surface area contributed by atoms with Crippen molar-refractivity contribution >= 4 is 15.9 Å². The number of H-pyrrole nitrogens is 1. The van der Waals surface area contributed by atoms with Gasteiger partial charge in [0.15, 0.2) is 0 Å². The smallest absolute Gasteiger partial charge is 0.107 e. The van der Waals surface area contributed by atoms with E-state index in [0.717, 1.165) is 15.7 Å². The minimum atomic E-state index is -0.0423. The first kappa shape index (κ1) is 10.4. The van der Waals surface area contributed by atoms with E-state index in [2.05, 4.69) is 32.2 Å². The molecule has 0 aliphatic carbocycles. The van der Waals surface area contributed by atoms with Gasteiger partial charge < -0.3 is 5.11 Å². The normalized spacial score (nSPS) is 10.6. The Balaban J connectivity index is 2.49. The summed E-state index contributed by atoms with van der Waals surface area (Å²) in [7, 11) is 0. The van der Waals surface area contributed by atoms with E-state index < -0.39 is 0 Å². The van der Waals surface area contributed by atoms with Crippen molar-refractivity contribution in [3.05, 3.63) is 40.0 Å². The third-order valence-corrected chi connectivity index (χ3v) is 3.08. The number of aryl methyl sites for hydroxylation is 1. The molecular weight excluding hydrogens is 256 g/mol. The molecule has 2 aromatic rings. The fraction of sp³-hybridized carbons (Fsp3) is 0.182. The molecule has 0 unspecified atom stereocenters. The van der Waals surface area contributed by atoms with Crippen LogP contribution in [0.3, 0.4) is 0 Å². The molecular formula is C11H11BrN2O. The van der Waals surface area contributed by atoms with E-state index in [1.54, 1.807) is 0 Å². The number of aromatic amines is 1. The first-order chi connectivity index (χ1) is 7.22. The highest BCUT2D eigenvalue weighted by atomic mass is 79.9. The lowest BCUT2D eigenvalue weighted by Crippen LogP contribution is -1.82. The summed E-state index contributed by atoms with van der Waals surface area (Å²) in [4.78, 5) is 0. The summed E-state index contributed by atoms with van der Waals surface area (Å²) < 4.78 is 0.829. The Kier molecular flexibility index (Phi) is 2.88. The monoisotopic (exact) mass is 266 g/mol. The average molecular weight is 267 g/mol. The van der Waals surface area contributed by atoms with Gasteiger partial charge in [-0.05, 0) is 28.9 Å². The van der Waals surface area contributed by atoms with Gasteiger partial charge in [-0.15, -0.1) is 0 Å². The Hall–Kier alpha value is -1.13. The van der Waals surface area contributed by atoms with Crippen LogP contribution in [-0.2, 0) is 6.61 Å². The molecule has 1 aromatic carbocycles. The van der Waals surface area contributed by atoms with Gasteiger partial charge in [0, 0.05) is 5.56 Å². The lowest BCUT2D eigenvalue weighted by molar-refractivity contribution is 0.276. The standard InChI is InChI=1S/C11H11BrN2O/c1-7-3-2-4-8(5-7)11-10(12)9(6-15)13-14-11/h2-5,15H,6H2,1H3,(H,13,14). The second-order valence-corrected chi connectivity index (χ2v) is 4.19. The zero-order chi connectivity index (χ0) is 10.8. The second-order valence-electron chi connectivity index (χ2n) is 3.39. The first-order valence-electron chi connectivity index (χ1n) is 4.63. The number of benzene rings is 1. The first-order valence-corrected chi connectivity index (χ1v) is 5.42. The molecule has 2 rings (SSSR count). The molecule has 0 fully saturated rings. The van der Waals surface area contributed by atoms with E-state index in [4.69, 9.17) is 5.11 Å². The van der Waals surface area contributed by atoms with Gasteiger partial charge in [0.25, 0.3) is 0 Å². The Labute approximate surface area is 96.3 Å². The summed E-state index contributed by atoms with van der Waals surface area (Å²) in [6.45, 7) is 2.00. The van der Waals surface area contributed by atoms with Crippen molar-refractivity contribution in [2.75, 3.05) is 0 Å². The molecule has 1 heterocycles. The summed E-state index contributed by atoms with van der Waals surface area (Å²) in [6.07, 6.45) is 0. The number of nitrogens with one attached hydrogen (secondary N) is 1. The third kappa shape index (κ3) is 1.96. The maximum absolute atomic E-state index is 9.03. The van der Waals surface area contributed by atoms with E-state index in [9.17, 15) is 0 Å². The lowest BCUT2D eigenvalue weighted by Gasteiger charge is -1.99. The Bertz CT molecular complexity index is 479. The number of aliphatic hydroxyl groups excluding tert-OH is 1. The number of aromatic nitrogens is 2. The molecule has 0 aliphatic heterocycles. The highest BCUT2D eigenvalue weighted by Gasteiger charge is 2.11. The van der Waals surface area contributed by atoms with Gasteiger partial charge in [0.05, 0.1) is 16.8 Å². The molecule has 0 aliphatic rings. The van der Waals surface area contributed by atoms with E-state index in [1.807, 2.05) is 25.1 Å². The van der Waals surface area contributed by atoms with Crippen molar-refractivity contribution in [1.82, 2.24) is 10.2 Å². The number of nitrogens with zero attached hydrogens (tertiary/aromatic N) is 1. The van der Waals surface area contributed by atoms with Crippen LogP contribution in [0.5, 0.6) is 0 Å². The van der Waals surface area contributed by atoms with Gasteiger partial charge in [0.2, 0.25) is 0 Å². The predicted molar refractivity (Wildman–Crippen MR) is 62.4 cm³/mol.